The summed E-state index contributed by atoms with van der Waals surface area (Å²) in [6.45, 7) is 1.18. The number of benzene rings is 2. The van der Waals surface area contributed by atoms with E-state index in [-0.39, 0.29) is 16.3 Å². The van der Waals surface area contributed by atoms with Gasteiger partial charge in [-0.2, -0.15) is 0 Å². The van der Waals surface area contributed by atoms with Crippen LogP contribution in [-0.2, 0) is 6.42 Å². The third-order valence-corrected chi connectivity index (χ3v) is 3.61. The van der Waals surface area contributed by atoms with Crippen LogP contribution in [0.5, 0.6) is 11.5 Å². The van der Waals surface area contributed by atoms with E-state index in [1.54, 1.807) is 0 Å². The summed E-state index contributed by atoms with van der Waals surface area (Å²) >= 11 is 5.43. The second kappa shape index (κ2) is 6.50. The lowest BCUT2D eigenvalue weighted by Crippen LogP contribution is -2.12. The predicted octanol–water partition coefficient (Wildman–Crippen LogP) is 3.24. The van der Waals surface area contributed by atoms with Crippen LogP contribution < -0.4 is 4.90 Å². The fourth-order valence-corrected chi connectivity index (χ4v) is 2.40. The van der Waals surface area contributed by atoms with E-state index >= 15 is 0 Å². The van der Waals surface area contributed by atoms with Crippen LogP contribution in [0.25, 0.3) is 0 Å². The molecule has 0 amide bonds. The molecule has 1 heterocycles. The number of hydrogen-bond acceptors (Lipinski definition) is 4. The number of halogens is 1. The van der Waals surface area contributed by atoms with E-state index < -0.39 is 5.75 Å². The minimum absolute atomic E-state index is 0.0351. The molecule has 0 saturated heterocycles. The van der Waals surface area contributed by atoms with E-state index in [1.807, 2.05) is 0 Å². The number of para-hydroxylation sites is 1. The zero-order chi connectivity index (χ0) is 15.4. The first kappa shape index (κ1) is 15.2. The van der Waals surface area contributed by atoms with Gasteiger partial charge < -0.3 is 15.1 Å². The maximum Gasteiger partial charge on any atom is 0.176 e. The maximum atomic E-state index is 10.2. The molecule has 1 aliphatic heterocycles. The summed E-state index contributed by atoms with van der Waals surface area (Å²) in [5.41, 5.74) is 3.12. The summed E-state index contributed by atoms with van der Waals surface area (Å²) in [5.74, 6) is -0.795. The van der Waals surface area contributed by atoms with Crippen molar-refractivity contribution in [3.8, 4) is 11.5 Å². The Morgan fingerprint density at radius 3 is 2.57 bits per heavy atom. The van der Waals surface area contributed by atoms with Gasteiger partial charge in [0.25, 0.3) is 0 Å². The molecule has 2 aromatic rings. The molecule has 0 fully saturated rings. The van der Waals surface area contributed by atoms with Gasteiger partial charge in [-0.3, -0.25) is 4.79 Å². The Bertz CT molecular complexity index is 635. The molecule has 3 rings (SSSR count). The molecule has 0 unspecified atom stereocenters. The fourth-order valence-electron chi connectivity index (χ4n) is 2.18. The lowest BCUT2D eigenvalue weighted by Gasteiger charge is -2.10. The van der Waals surface area contributed by atoms with Gasteiger partial charge in [-0.25, -0.2) is 0 Å². The highest BCUT2D eigenvalue weighted by Gasteiger charge is 2.12. The van der Waals surface area contributed by atoms with E-state index in [1.165, 1.54) is 30.3 Å². The Hall–Kier alpha value is -2.20. The highest BCUT2D eigenvalue weighted by Crippen LogP contribution is 2.33. The fraction of sp³-hybridized carbons (Fsp3) is 0.188. The molecule has 0 aliphatic carbocycles. The molecular weight excluding hydrogens is 290 g/mol. The number of aldehydes is 1. The first-order valence-electron chi connectivity index (χ1n) is 6.48. The number of fused-ring (bicyclic) bond motifs is 1. The van der Waals surface area contributed by atoms with Crippen LogP contribution in [0.1, 0.15) is 15.9 Å². The Morgan fingerprint density at radius 1 is 1.24 bits per heavy atom. The van der Waals surface area contributed by atoms with Crippen molar-refractivity contribution < 1.29 is 15.0 Å². The molecule has 0 bridgehead atoms. The highest BCUT2D eigenvalue weighted by molar-refractivity contribution is 6.32. The quantitative estimate of drug-likeness (QED) is 0.627. The average molecular weight is 306 g/mol. The van der Waals surface area contributed by atoms with Crippen LogP contribution in [0.4, 0.5) is 5.69 Å². The molecule has 2 N–H and O–H groups in total. The van der Waals surface area contributed by atoms with Crippen molar-refractivity contribution in [2.75, 3.05) is 18.5 Å². The van der Waals surface area contributed by atoms with Crippen LogP contribution in [0.15, 0.2) is 36.4 Å². The number of rotatable bonds is 1. The molecule has 1 aliphatic rings. The second-order valence-electron chi connectivity index (χ2n) is 4.79. The Morgan fingerprint density at radius 2 is 1.95 bits per heavy atom. The van der Waals surface area contributed by atoms with Crippen LogP contribution in [-0.4, -0.2) is 30.1 Å². The van der Waals surface area contributed by atoms with Crippen molar-refractivity contribution in [1.82, 2.24) is 0 Å². The summed E-state index contributed by atoms with van der Waals surface area (Å²) in [7, 11) is 2.14. The zero-order valence-corrected chi connectivity index (χ0v) is 12.3. The monoisotopic (exact) mass is 305 g/mol. The maximum absolute atomic E-state index is 10.2. The molecule has 110 valence electrons. The molecule has 5 heteroatoms. The summed E-state index contributed by atoms with van der Waals surface area (Å²) < 4.78 is 0. The third kappa shape index (κ3) is 3.47. The number of phenols is 2. The average Bonchev–Trinajstić information content (AvgIpc) is 2.87. The smallest absolute Gasteiger partial charge is 0.176 e. The van der Waals surface area contributed by atoms with Gasteiger partial charge in [0, 0.05) is 24.8 Å². The van der Waals surface area contributed by atoms with Gasteiger partial charge >= 0.3 is 0 Å². The normalized spacial score (nSPS) is 12.4. The van der Waals surface area contributed by atoms with Gasteiger partial charge in [-0.15, -0.1) is 0 Å². The lowest BCUT2D eigenvalue weighted by atomic mass is 10.2. The molecule has 0 radical (unpaired) electrons. The first-order valence-corrected chi connectivity index (χ1v) is 6.86. The minimum Gasteiger partial charge on any atom is -0.504 e. The largest absolute Gasteiger partial charge is 0.504 e. The Kier molecular flexibility index (Phi) is 4.70. The van der Waals surface area contributed by atoms with Gasteiger partial charge in [-0.05, 0) is 30.2 Å². The van der Waals surface area contributed by atoms with Crippen molar-refractivity contribution in [2.24, 2.45) is 0 Å². The number of carbonyl (C=O) groups excluding carboxylic acids is 1. The number of hydrogen-bond donors (Lipinski definition) is 2. The van der Waals surface area contributed by atoms with Crippen LogP contribution in [0.2, 0.25) is 5.02 Å². The van der Waals surface area contributed by atoms with Gasteiger partial charge in [0.05, 0.1) is 5.02 Å². The van der Waals surface area contributed by atoms with E-state index in [0.717, 1.165) is 6.07 Å². The summed E-state index contributed by atoms with van der Waals surface area (Å²) in [6.07, 6.45) is 1.75. The van der Waals surface area contributed by atoms with E-state index in [0.29, 0.717) is 6.29 Å². The predicted molar refractivity (Wildman–Crippen MR) is 83.6 cm³/mol. The summed E-state index contributed by atoms with van der Waals surface area (Å²) in [5, 5.41) is 17.8. The summed E-state index contributed by atoms with van der Waals surface area (Å²) in [6, 6.07) is 11.0. The lowest BCUT2D eigenvalue weighted by molar-refractivity contribution is 0.112. The molecule has 0 spiro atoms. The Labute approximate surface area is 128 Å². The molecule has 0 atom stereocenters. The molecular formula is C16H16ClNO3. The van der Waals surface area contributed by atoms with Gasteiger partial charge in [0.15, 0.2) is 11.5 Å². The highest BCUT2D eigenvalue weighted by atomic mass is 35.5. The second-order valence-corrected chi connectivity index (χ2v) is 5.20. The number of anilines is 1. The minimum atomic E-state index is -0.405. The summed E-state index contributed by atoms with van der Waals surface area (Å²) in [4.78, 5) is 12.5. The van der Waals surface area contributed by atoms with E-state index in [9.17, 15) is 4.79 Å². The Balaban J connectivity index is 0.000000154. The molecule has 0 saturated carbocycles. The van der Waals surface area contributed by atoms with Gasteiger partial charge in [-0.1, -0.05) is 29.8 Å². The van der Waals surface area contributed by atoms with Crippen molar-refractivity contribution >= 4 is 23.6 Å². The van der Waals surface area contributed by atoms with Crippen molar-refractivity contribution in [2.45, 2.75) is 6.42 Å². The topological polar surface area (TPSA) is 60.8 Å². The van der Waals surface area contributed by atoms with Crippen molar-refractivity contribution in [3.05, 3.63) is 52.5 Å². The van der Waals surface area contributed by atoms with E-state index in [2.05, 4.69) is 36.2 Å². The van der Waals surface area contributed by atoms with Crippen molar-refractivity contribution in [1.29, 1.82) is 0 Å². The first-order chi connectivity index (χ1) is 10.0. The molecule has 21 heavy (non-hydrogen) atoms. The van der Waals surface area contributed by atoms with Crippen molar-refractivity contribution in [3.63, 3.8) is 0 Å². The number of likely N-dealkylation sites (N-methyl/N-ethyl adjacent to an activating group) is 1. The number of carbonyl (C=O) groups is 1. The van der Waals surface area contributed by atoms with Gasteiger partial charge in [0.1, 0.15) is 6.29 Å². The van der Waals surface area contributed by atoms with Crippen LogP contribution in [0, 0.1) is 0 Å². The number of phenolic OH excluding ortho intramolecular Hbond substituents is 2. The molecule has 4 nitrogen and oxygen atoms in total. The van der Waals surface area contributed by atoms with E-state index in [4.69, 9.17) is 21.8 Å². The number of nitrogens with zero attached hydrogens (tertiary/aromatic N) is 1. The van der Waals surface area contributed by atoms with Crippen LogP contribution in [0.3, 0.4) is 0 Å². The standard InChI is InChI=1S/C9H11N.C7H5ClO3/c1-10-7-6-8-4-2-3-5-9(8)10;8-5-1-4(3-9)2-6(10)7(5)11/h2-5H,6-7H2,1H3;1-3,10-11H. The zero-order valence-electron chi connectivity index (χ0n) is 11.6. The molecule has 0 aromatic heterocycles. The SMILES string of the molecule is CN1CCc2ccccc21.O=Cc1cc(O)c(O)c(Cl)c1. The third-order valence-electron chi connectivity index (χ3n) is 3.32. The molecule has 2 aromatic carbocycles. The van der Waals surface area contributed by atoms with Gasteiger partial charge in [0.2, 0.25) is 0 Å². The van der Waals surface area contributed by atoms with Crippen LogP contribution >= 0.6 is 11.6 Å². The number of aromatic hydroxyl groups is 2.